The molecule has 1 aromatic heterocycles. The molecule has 0 aliphatic rings. The van der Waals surface area contributed by atoms with E-state index in [1.807, 2.05) is 0 Å². The highest BCUT2D eigenvalue weighted by atomic mass is 16.7. The number of aromatic hydroxyl groups is 1. The molecule has 0 bridgehead atoms. The van der Waals surface area contributed by atoms with Gasteiger partial charge in [-0.05, 0) is 6.92 Å². The Hall–Kier alpha value is -1.93. The van der Waals surface area contributed by atoms with Crippen molar-refractivity contribution < 1.29 is 14.6 Å². The van der Waals surface area contributed by atoms with E-state index in [0.29, 0.717) is 5.71 Å². The molecule has 0 unspecified atom stereocenters. The van der Waals surface area contributed by atoms with E-state index in [2.05, 4.69) is 4.99 Å². The molecule has 112 valence electrons. The van der Waals surface area contributed by atoms with Gasteiger partial charge in [0.05, 0.1) is 12.3 Å². The van der Waals surface area contributed by atoms with Gasteiger partial charge in [0, 0.05) is 28.3 Å². The van der Waals surface area contributed by atoms with Crippen LogP contribution >= 0.6 is 0 Å². The Bertz CT molecular complexity index is 625. The van der Waals surface area contributed by atoms with Gasteiger partial charge in [0.1, 0.15) is 5.56 Å². The van der Waals surface area contributed by atoms with Crippen LogP contribution in [0.4, 0.5) is 0 Å². The normalized spacial score (nSPS) is 12.2. The predicted molar refractivity (Wildman–Crippen MR) is 73.5 cm³/mol. The first kappa shape index (κ1) is 16.1. The van der Waals surface area contributed by atoms with Gasteiger partial charge in [0.15, 0.2) is 6.29 Å². The van der Waals surface area contributed by atoms with Crippen molar-refractivity contribution in [3.63, 3.8) is 0 Å². The second kappa shape index (κ2) is 6.49. The van der Waals surface area contributed by atoms with Crippen LogP contribution in [0.3, 0.4) is 0 Å². The Kier molecular flexibility index (Phi) is 5.23. The maximum Gasteiger partial charge on any atom is 0.333 e. The SMILES string of the molecule is COC(CN=C(C)c1c(O)n(C)c(=O)n(C)c1=O)OC. The number of nitrogens with zero attached hydrogens (tertiary/aromatic N) is 3. The average molecular weight is 285 g/mol. The van der Waals surface area contributed by atoms with Crippen LogP contribution in [-0.2, 0) is 23.6 Å². The van der Waals surface area contributed by atoms with Crippen LogP contribution in [0, 0.1) is 0 Å². The molecule has 0 radical (unpaired) electrons. The van der Waals surface area contributed by atoms with Crippen LogP contribution in [0.2, 0.25) is 0 Å². The maximum absolute atomic E-state index is 12.0. The lowest BCUT2D eigenvalue weighted by Gasteiger charge is -2.12. The first-order valence-electron chi connectivity index (χ1n) is 5.91. The van der Waals surface area contributed by atoms with Gasteiger partial charge in [-0.3, -0.25) is 18.9 Å². The third-order valence-electron chi connectivity index (χ3n) is 3.00. The van der Waals surface area contributed by atoms with Gasteiger partial charge in [0.25, 0.3) is 5.56 Å². The highest BCUT2D eigenvalue weighted by Gasteiger charge is 2.17. The molecule has 8 heteroatoms. The summed E-state index contributed by atoms with van der Waals surface area (Å²) in [5.74, 6) is -0.411. The Morgan fingerprint density at radius 1 is 1.25 bits per heavy atom. The minimum absolute atomic E-state index is 0.0134. The molecule has 8 nitrogen and oxygen atoms in total. The Labute approximate surface area is 115 Å². The van der Waals surface area contributed by atoms with Crippen molar-refractivity contribution in [2.75, 3.05) is 20.8 Å². The van der Waals surface area contributed by atoms with E-state index in [1.165, 1.54) is 28.3 Å². The monoisotopic (exact) mass is 285 g/mol. The predicted octanol–water partition coefficient (Wildman–Crippen LogP) is -0.782. The Morgan fingerprint density at radius 3 is 2.30 bits per heavy atom. The number of hydrogen-bond acceptors (Lipinski definition) is 6. The molecule has 0 fully saturated rings. The van der Waals surface area contributed by atoms with E-state index in [0.717, 1.165) is 9.13 Å². The van der Waals surface area contributed by atoms with Gasteiger partial charge in [0.2, 0.25) is 5.88 Å². The van der Waals surface area contributed by atoms with E-state index in [4.69, 9.17) is 9.47 Å². The van der Waals surface area contributed by atoms with Gasteiger partial charge in [-0.2, -0.15) is 0 Å². The number of methoxy groups -OCH3 is 2. The van der Waals surface area contributed by atoms with Crippen LogP contribution in [0.15, 0.2) is 14.6 Å². The van der Waals surface area contributed by atoms with E-state index in [-0.39, 0.29) is 12.1 Å². The second-order valence-corrected chi connectivity index (χ2v) is 4.23. The van der Waals surface area contributed by atoms with Crippen molar-refractivity contribution in [3.8, 4) is 5.88 Å². The topological polar surface area (TPSA) is 95.0 Å². The highest BCUT2D eigenvalue weighted by molar-refractivity contribution is 6.00. The zero-order valence-corrected chi connectivity index (χ0v) is 12.2. The zero-order valence-electron chi connectivity index (χ0n) is 12.2. The second-order valence-electron chi connectivity index (χ2n) is 4.23. The molecule has 0 atom stereocenters. The molecule has 0 amide bonds. The van der Waals surface area contributed by atoms with Gasteiger partial charge >= 0.3 is 5.69 Å². The largest absolute Gasteiger partial charge is 0.494 e. The van der Waals surface area contributed by atoms with Gasteiger partial charge in [-0.15, -0.1) is 0 Å². The minimum Gasteiger partial charge on any atom is -0.494 e. The van der Waals surface area contributed by atoms with Crippen molar-refractivity contribution in [1.82, 2.24) is 9.13 Å². The van der Waals surface area contributed by atoms with Crippen LogP contribution in [-0.4, -0.2) is 47.0 Å². The number of rotatable bonds is 5. The summed E-state index contributed by atoms with van der Waals surface area (Å²) in [6.07, 6.45) is -0.538. The van der Waals surface area contributed by atoms with Crippen LogP contribution in [0.5, 0.6) is 5.88 Å². The van der Waals surface area contributed by atoms with Crippen molar-refractivity contribution in [2.24, 2.45) is 19.1 Å². The van der Waals surface area contributed by atoms with Crippen LogP contribution < -0.4 is 11.2 Å². The summed E-state index contributed by atoms with van der Waals surface area (Å²) in [7, 11) is 5.67. The van der Waals surface area contributed by atoms with Crippen LogP contribution in [0.25, 0.3) is 0 Å². The summed E-state index contributed by atoms with van der Waals surface area (Å²) in [6.45, 7) is 1.74. The highest BCUT2D eigenvalue weighted by Crippen LogP contribution is 2.10. The smallest absolute Gasteiger partial charge is 0.333 e. The summed E-state index contributed by atoms with van der Waals surface area (Å²) in [4.78, 5) is 27.8. The molecule has 1 N–H and O–H groups in total. The molecular weight excluding hydrogens is 266 g/mol. The summed E-state index contributed by atoms with van der Waals surface area (Å²) in [5.41, 5.74) is -0.910. The molecule has 0 spiro atoms. The summed E-state index contributed by atoms with van der Waals surface area (Å²) in [5, 5.41) is 9.94. The van der Waals surface area contributed by atoms with Crippen molar-refractivity contribution in [2.45, 2.75) is 13.2 Å². The van der Waals surface area contributed by atoms with Crippen molar-refractivity contribution in [1.29, 1.82) is 0 Å². The molecule has 0 aliphatic carbocycles. The zero-order chi connectivity index (χ0) is 15.4. The molecular formula is C12H19N3O5. The summed E-state index contributed by atoms with van der Waals surface area (Å²) < 4.78 is 11.9. The molecule has 0 saturated carbocycles. The lowest BCUT2D eigenvalue weighted by molar-refractivity contribution is -0.0936. The number of aromatic nitrogens is 2. The molecule has 1 heterocycles. The Balaban J connectivity index is 3.30. The standard InChI is InChI=1S/C12H19N3O5/c1-7(13-6-8(19-4)20-5)9-10(16)14(2)12(18)15(3)11(9)17/h8,16H,6H2,1-5H3. The lowest BCUT2D eigenvalue weighted by atomic mass is 10.2. The third-order valence-corrected chi connectivity index (χ3v) is 3.00. The van der Waals surface area contributed by atoms with E-state index < -0.39 is 23.4 Å². The fourth-order valence-corrected chi connectivity index (χ4v) is 1.69. The molecule has 0 aromatic carbocycles. The maximum atomic E-state index is 12.0. The fourth-order valence-electron chi connectivity index (χ4n) is 1.69. The van der Waals surface area contributed by atoms with Gasteiger partial charge in [-0.1, -0.05) is 0 Å². The number of ether oxygens (including phenoxy) is 2. The Morgan fingerprint density at radius 2 is 1.80 bits per heavy atom. The fraction of sp³-hybridized carbons (Fsp3) is 0.583. The van der Waals surface area contributed by atoms with Crippen LogP contribution in [0.1, 0.15) is 12.5 Å². The lowest BCUT2D eigenvalue weighted by Crippen LogP contribution is -2.39. The number of aliphatic imine (C=N–C) groups is 1. The first-order chi connectivity index (χ1) is 9.34. The number of hydrogen-bond donors (Lipinski definition) is 1. The third kappa shape index (κ3) is 2.97. The minimum atomic E-state index is -0.601. The van der Waals surface area contributed by atoms with E-state index in [9.17, 15) is 14.7 Å². The van der Waals surface area contributed by atoms with Crippen molar-refractivity contribution >= 4 is 5.71 Å². The van der Waals surface area contributed by atoms with E-state index >= 15 is 0 Å². The summed E-state index contributed by atoms with van der Waals surface area (Å²) >= 11 is 0. The van der Waals surface area contributed by atoms with Crippen molar-refractivity contribution in [3.05, 3.63) is 26.4 Å². The molecule has 20 heavy (non-hydrogen) atoms. The van der Waals surface area contributed by atoms with Gasteiger partial charge < -0.3 is 14.6 Å². The quantitative estimate of drug-likeness (QED) is 0.565. The molecule has 1 rings (SSSR count). The summed E-state index contributed by atoms with van der Waals surface area (Å²) in [6, 6.07) is 0. The molecule has 0 aliphatic heterocycles. The molecule has 0 saturated heterocycles. The van der Waals surface area contributed by atoms with E-state index in [1.54, 1.807) is 6.92 Å². The average Bonchev–Trinajstić information content (AvgIpc) is 2.44. The first-order valence-corrected chi connectivity index (χ1v) is 5.91. The van der Waals surface area contributed by atoms with Gasteiger partial charge in [-0.25, -0.2) is 4.79 Å². The molecule has 1 aromatic rings.